The fraction of sp³-hybridized carbons (Fsp3) is 0.476. The maximum Gasteiger partial charge on any atom is 0.315 e. The molecule has 1 aromatic carbocycles. The zero-order valence-electron chi connectivity index (χ0n) is 16.4. The van der Waals surface area contributed by atoms with Crippen molar-refractivity contribution in [1.82, 2.24) is 15.2 Å². The molecular formula is C21H26N4O2S. The largest absolute Gasteiger partial charge is 0.341 e. The first kappa shape index (κ1) is 19.1. The number of carbonyl (C=O) groups excluding carboxylic acids is 2. The lowest BCUT2D eigenvalue weighted by molar-refractivity contribution is -0.136. The van der Waals surface area contributed by atoms with Gasteiger partial charge in [0, 0.05) is 24.4 Å². The molecule has 0 bridgehead atoms. The molecule has 0 saturated carbocycles. The van der Waals surface area contributed by atoms with Gasteiger partial charge in [-0.05, 0) is 56.3 Å². The molecule has 148 valence electrons. The van der Waals surface area contributed by atoms with E-state index in [1.165, 1.54) is 35.3 Å². The van der Waals surface area contributed by atoms with E-state index < -0.39 is 11.8 Å². The van der Waals surface area contributed by atoms with Crippen molar-refractivity contribution in [3.05, 3.63) is 45.5 Å². The van der Waals surface area contributed by atoms with Crippen LogP contribution in [0, 0.1) is 0 Å². The van der Waals surface area contributed by atoms with Crippen molar-refractivity contribution in [2.45, 2.75) is 51.6 Å². The molecule has 2 N–H and O–H groups in total. The molecule has 2 aromatic rings. The quantitative estimate of drug-likeness (QED) is 0.780. The maximum atomic E-state index is 12.4. The lowest BCUT2D eigenvalue weighted by Crippen LogP contribution is -2.37. The summed E-state index contributed by atoms with van der Waals surface area (Å²) in [6.07, 6.45) is 5.56. The minimum atomic E-state index is -0.663. The van der Waals surface area contributed by atoms with Crippen molar-refractivity contribution >= 4 is 28.3 Å². The second-order valence-corrected chi connectivity index (χ2v) is 8.84. The van der Waals surface area contributed by atoms with Gasteiger partial charge in [-0.3, -0.25) is 14.9 Å². The number of likely N-dealkylation sites (N-methyl/N-ethyl adjacent to an activating group) is 1. The summed E-state index contributed by atoms with van der Waals surface area (Å²) < 4.78 is 0. The standard InChI is InChI=1S/C21H26N4O2S/c1-13(15-8-7-14-5-3-4-6-16(14)11-15)22-19(26)20(27)24-21-23-17-9-10-25(2)12-18(17)28-21/h7-8,11,13H,3-6,9-10,12H2,1-2H3,(H,22,26)(H,23,24,27). The summed E-state index contributed by atoms with van der Waals surface area (Å²) in [5, 5.41) is 5.97. The first-order valence-corrected chi connectivity index (χ1v) is 10.7. The number of aromatic nitrogens is 1. The third-order valence-corrected chi connectivity index (χ3v) is 6.57. The number of nitrogens with one attached hydrogen (secondary N) is 2. The summed E-state index contributed by atoms with van der Waals surface area (Å²) in [5.74, 6) is -1.29. The summed E-state index contributed by atoms with van der Waals surface area (Å²) in [6, 6.07) is 6.16. The molecule has 1 atom stereocenters. The molecule has 0 radical (unpaired) electrons. The Hall–Kier alpha value is -2.25. The Balaban J connectivity index is 1.37. The second kappa shape index (κ2) is 8.01. The average Bonchev–Trinajstić information content (AvgIpc) is 3.08. The number of hydrogen-bond acceptors (Lipinski definition) is 5. The van der Waals surface area contributed by atoms with Gasteiger partial charge in [0.15, 0.2) is 5.13 Å². The van der Waals surface area contributed by atoms with Gasteiger partial charge in [0.2, 0.25) is 0 Å². The monoisotopic (exact) mass is 398 g/mol. The molecule has 4 rings (SSSR count). The number of carbonyl (C=O) groups is 2. The molecule has 7 heteroatoms. The predicted molar refractivity (Wildman–Crippen MR) is 110 cm³/mol. The van der Waals surface area contributed by atoms with Crippen molar-refractivity contribution in [1.29, 1.82) is 0 Å². The highest BCUT2D eigenvalue weighted by Crippen LogP contribution is 2.28. The van der Waals surface area contributed by atoms with Crippen LogP contribution in [0.2, 0.25) is 0 Å². The van der Waals surface area contributed by atoms with Crippen LogP contribution in [0.5, 0.6) is 0 Å². The topological polar surface area (TPSA) is 74.3 Å². The van der Waals surface area contributed by atoms with E-state index in [9.17, 15) is 9.59 Å². The molecule has 6 nitrogen and oxygen atoms in total. The van der Waals surface area contributed by atoms with E-state index in [2.05, 4.69) is 45.8 Å². The molecule has 0 spiro atoms. The molecule has 1 unspecified atom stereocenters. The number of thiazole rings is 1. The van der Waals surface area contributed by atoms with E-state index in [1.807, 2.05) is 6.92 Å². The normalized spacial score (nSPS) is 17.4. The average molecular weight is 399 g/mol. The fourth-order valence-electron chi connectivity index (χ4n) is 3.90. The highest BCUT2D eigenvalue weighted by atomic mass is 32.1. The van der Waals surface area contributed by atoms with E-state index in [1.54, 1.807) is 0 Å². The van der Waals surface area contributed by atoms with E-state index >= 15 is 0 Å². The summed E-state index contributed by atoms with van der Waals surface area (Å²) in [7, 11) is 2.07. The predicted octanol–water partition coefficient (Wildman–Crippen LogP) is 2.83. The van der Waals surface area contributed by atoms with Gasteiger partial charge in [-0.25, -0.2) is 4.98 Å². The van der Waals surface area contributed by atoms with Crippen molar-refractivity contribution in [3.63, 3.8) is 0 Å². The second-order valence-electron chi connectivity index (χ2n) is 7.76. The van der Waals surface area contributed by atoms with Crippen LogP contribution in [-0.4, -0.2) is 35.3 Å². The van der Waals surface area contributed by atoms with Gasteiger partial charge in [-0.1, -0.05) is 18.2 Å². The number of aryl methyl sites for hydroxylation is 2. The molecular weight excluding hydrogens is 372 g/mol. The number of benzene rings is 1. The summed E-state index contributed by atoms with van der Waals surface area (Å²) in [4.78, 5) is 32.5. The Morgan fingerprint density at radius 3 is 2.75 bits per heavy atom. The Labute approximate surface area is 169 Å². The number of hydrogen-bond donors (Lipinski definition) is 2. The van der Waals surface area contributed by atoms with Crippen LogP contribution < -0.4 is 10.6 Å². The van der Waals surface area contributed by atoms with Gasteiger partial charge < -0.3 is 10.2 Å². The van der Waals surface area contributed by atoms with Crippen molar-refractivity contribution in [2.24, 2.45) is 0 Å². The van der Waals surface area contributed by atoms with Gasteiger partial charge in [0.25, 0.3) is 0 Å². The molecule has 1 aromatic heterocycles. The Kier molecular flexibility index (Phi) is 5.46. The van der Waals surface area contributed by atoms with Crippen LogP contribution in [0.15, 0.2) is 18.2 Å². The molecule has 2 aliphatic rings. The molecule has 1 aliphatic heterocycles. The summed E-state index contributed by atoms with van der Waals surface area (Å²) >= 11 is 1.45. The number of amides is 2. The van der Waals surface area contributed by atoms with Crippen LogP contribution in [0.25, 0.3) is 0 Å². The number of fused-ring (bicyclic) bond motifs is 2. The summed E-state index contributed by atoms with van der Waals surface area (Å²) in [5.41, 5.74) is 4.84. The Bertz CT molecular complexity index is 908. The van der Waals surface area contributed by atoms with Crippen LogP contribution >= 0.6 is 11.3 Å². The molecule has 2 heterocycles. The summed E-state index contributed by atoms with van der Waals surface area (Å²) in [6.45, 7) is 3.71. The van der Waals surface area contributed by atoms with Crippen molar-refractivity contribution < 1.29 is 9.59 Å². The SMILES string of the molecule is CC(NC(=O)C(=O)Nc1nc2c(s1)CN(C)CC2)c1ccc2c(c1)CCCC2. The van der Waals surface area contributed by atoms with E-state index in [4.69, 9.17) is 0 Å². The molecule has 0 fully saturated rings. The van der Waals surface area contributed by atoms with Crippen molar-refractivity contribution in [3.8, 4) is 0 Å². The minimum Gasteiger partial charge on any atom is -0.341 e. The van der Waals surface area contributed by atoms with Gasteiger partial charge in [0.05, 0.1) is 11.7 Å². The Morgan fingerprint density at radius 2 is 1.93 bits per heavy atom. The zero-order valence-corrected chi connectivity index (χ0v) is 17.2. The van der Waals surface area contributed by atoms with E-state index in [0.717, 1.165) is 48.5 Å². The highest BCUT2D eigenvalue weighted by molar-refractivity contribution is 7.16. The number of nitrogens with zero attached hydrogens (tertiary/aromatic N) is 2. The van der Waals surface area contributed by atoms with Gasteiger partial charge in [-0.2, -0.15) is 0 Å². The smallest absolute Gasteiger partial charge is 0.315 e. The number of rotatable bonds is 3. The zero-order chi connectivity index (χ0) is 19.7. The van der Waals surface area contributed by atoms with Gasteiger partial charge in [-0.15, -0.1) is 11.3 Å². The lowest BCUT2D eigenvalue weighted by atomic mass is 9.89. The first-order valence-electron chi connectivity index (χ1n) is 9.90. The van der Waals surface area contributed by atoms with Gasteiger partial charge in [0.1, 0.15) is 0 Å². The molecule has 2 amide bonds. The van der Waals surface area contributed by atoms with Crippen LogP contribution in [0.4, 0.5) is 5.13 Å². The maximum absolute atomic E-state index is 12.4. The Morgan fingerprint density at radius 1 is 1.14 bits per heavy atom. The van der Waals surface area contributed by atoms with E-state index in [0.29, 0.717) is 5.13 Å². The fourth-order valence-corrected chi connectivity index (χ4v) is 4.98. The van der Waals surface area contributed by atoms with E-state index in [-0.39, 0.29) is 6.04 Å². The van der Waals surface area contributed by atoms with Crippen molar-refractivity contribution in [2.75, 3.05) is 18.9 Å². The highest BCUT2D eigenvalue weighted by Gasteiger charge is 2.22. The molecule has 28 heavy (non-hydrogen) atoms. The number of anilines is 1. The van der Waals surface area contributed by atoms with Crippen LogP contribution in [0.1, 0.15) is 53.1 Å². The lowest BCUT2D eigenvalue weighted by Gasteiger charge is -2.20. The van der Waals surface area contributed by atoms with Crippen LogP contribution in [-0.2, 0) is 35.4 Å². The third-order valence-electron chi connectivity index (χ3n) is 5.57. The molecule has 1 aliphatic carbocycles. The molecule has 0 saturated heterocycles. The minimum absolute atomic E-state index is 0.219. The van der Waals surface area contributed by atoms with Gasteiger partial charge >= 0.3 is 11.8 Å². The third kappa shape index (κ3) is 4.10. The van der Waals surface area contributed by atoms with Crippen LogP contribution in [0.3, 0.4) is 0 Å². The first-order chi connectivity index (χ1) is 13.5.